The second-order valence-corrected chi connectivity index (χ2v) is 7.32. The molecule has 126 valence electrons. The fraction of sp³-hybridized carbons (Fsp3) is 0.474. The first-order valence-corrected chi connectivity index (χ1v) is 8.60. The van der Waals surface area contributed by atoms with Gasteiger partial charge in [-0.15, -0.1) is 0 Å². The van der Waals surface area contributed by atoms with Crippen LogP contribution < -0.4 is 4.90 Å². The summed E-state index contributed by atoms with van der Waals surface area (Å²) in [5.41, 5.74) is 1.19. The molecule has 1 N–H and O–H groups in total. The molecule has 0 unspecified atom stereocenters. The number of nitrogens with zero attached hydrogens (tertiary/aromatic N) is 3. The highest BCUT2D eigenvalue weighted by Gasteiger charge is 2.46. The van der Waals surface area contributed by atoms with Gasteiger partial charge in [-0.2, -0.15) is 0 Å². The number of aromatic nitrogens is 1. The van der Waals surface area contributed by atoms with Gasteiger partial charge >= 0.3 is 5.97 Å². The Kier molecular flexibility index (Phi) is 3.68. The largest absolute Gasteiger partial charge is 0.480 e. The highest BCUT2D eigenvalue weighted by molar-refractivity contribution is 5.80. The van der Waals surface area contributed by atoms with E-state index in [4.69, 9.17) is 4.98 Å². The number of carboxylic acid groups (broad SMARTS) is 1. The minimum Gasteiger partial charge on any atom is -0.480 e. The standard InChI is InChI=1S/C19H23N3O2/c1-21-13-19(12-16(21)18(23)24)8-10-22(11-9-19)17-7-6-14-4-2-3-5-15(14)20-17/h2-7,16H,8-13H2,1H3,(H,23,24)/t16-/m0/s1. The van der Waals surface area contributed by atoms with Crippen molar-refractivity contribution in [3.63, 3.8) is 0 Å². The Morgan fingerprint density at radius 2 is 1.96 bits per heavy atom. The van der Waals surface area contributed by atoms with Crippen molar-refractivity contribution < 1.29 is 9.90 Å². The van der Waals surface area contributed by atoms with Crippen LogP contribution in [0.3, 0.4) is 0 Å². The van der Waals surface area contributed by atoms with Gasteiger partial charge in [0.2, 0.25) is 0 Å². The topological polar surface area (TPSA) is 56.7 Å². The number of rotatable bonds is 2. The molecule has 5 nitrogen and oxygen atoms in total. The van der Waals surface area contributed by atoms with Gasteiger partial charge in [0.25, 0.3) is 0 Å². The minimum absolute atomic E-state index is 0.158. The maximum absolute atomic E-state index is 11.4. The van der Waals surface area contributed by atoms with Crippen molar-refractivity contribution in [2.24, 2.45) is 5.41 Å². The zero-order chi connectivity index (χ0) is 16.7. The summed E-state index contributed by atoms with van der Waals surface area (Å²) >= 11 is 0. The smallest absolute Gasteiger partial charge is 0.320 e. The van der Waals surface area contributed by atoms with Crippen molar-refractivity contribution >= 4 is 22.7 Å². The Balaban J connectivity index is 1.48. The van der Waals surface area contributed by atoms with Crippen molar-refractivity contribution in [3.05, 3.63) is 36.4 Å². The van der Waals surface area contributed by atoms with E-state index >= 15 is 0 Å². The molecule has 3 heterocycles. The molecule has 2 aromatic rings. The number of para-hydroxylation sites is 1. The van der Waals surface area contributed by atoms with Gasteiger partial charge in [0.05, 0.1) is 5.52 Å². The third kappa shape index (κ3) is 2.63. The van der Waals surface area contributed by atoms with E-state index in [2.05, 4.69) is 23.1 Å². The first-order chi connectivity index (χ1) is 11.6. The maximum atomic E-state index is 11.4. The molecule has 1 aromatic carbocycles. The van der Waals surface area contributed by atoms with E-state index < -0.39 is 5.97 Å². The quantitative estimate of drug-likeness (QED) is 0.920. The molecule has 2 fully saturated rings. The molecule has 1 aromatic heterocycles. The number of carboxylic acids is 1. The summed E-state index contributed by atoms with van der Waals surface area (Å²) in [6.45, 7) is 2.79. The Bertz CT molecular complexity index is 768. The number of hydrogen-bond donors (Lipinski definition) is 1. The zero-order valence-corrected chi connectivity index (χ0v) is 14.0. The molecule has 4 rings (SSSR count). The van der Waals surface area contributed by atoms with E-state index in [-0.39, 0.29) is 11.5 Å². The molecule has 1 spiro atoms. The Morgan fingerprint density at radius 1 is 1.21 bits per heavy atom. The number of anilines is 1. The van der Waals surface area contributed by atoms with Crippen molar-refractivity contribution in [3.8, 4) is 0 Å². The molecule has 5 heteroatoms. The van der Waals surface area contributed by atoms with Gasteiger partial charge in [0.1, 0.15) is 11.9 Å². The Hall–Kier alpha value is -2.14. The predicted octanol–water partition coefficient (Wildman–Crippen LogP) is 2.61. The number of piperidine rings is 1. The van der Waals surface area contributed by atoms with Gasteiger partial charge in [-0.1, -0.05) is 18.2 Å². The maximum Gasteiger partial charge on any atom is 0.320 e. The van der Waals surface area contributed by atoms with Crippen molar-refractivity contribution in [2.75, 3.05) is 31.6 Å². The van der Waals surface area contributed by atoms with Crippen LogP contribution in [0.25, 0.3) is 10.9 Å². The zero-order valence-electron chi connectivity index (χ0n) is 14.0. The lowest BCUT2D eigenvalue weighted by molar-refractivity contribution is -0.141. The monoisotopic (exact) mass is 325 g/mol. The first-order valence-electron chi connectivity index (χ1n) is 8.60. The molecular weight excluding hydrogens is 302 g/mol. The summed E-state index contributed by atoms with van der Waals surface area (Å²) in [5, 5.41) is 10.5. The van der Waals surface area contributed by atoms with Gasteiger partial charge in [-0.3, -0.25) is 9.69 Å². The Labute approximate surface area is 141 Å². The van der Waals surface area contributed by atoms with E-state index in [0.717, 1.165) is 55.6 Å². The lowest BCUT2D eigenvalue weighted by Crippen LogP contribution is -2.41. The van der Waals surface area contributed by atoms with Gasteiger partial charge in [0.15, 0.2) is 0 Å². The number of aliphatic carboxylic acids is 1. The molecule has 0 bridgehead atoms. The SMILES string of the molecule is CN1CC2(CCN(c3ccc4ccccc4n3)CC2)C[C@H]1C(=O)O. The molecule has 1 atom stereocenters. The summed E-state index contributed by atoms with van der Waals surface area (Å²) in [7, 11) is 1.94. The number of benzene rings is 1. The molecule has 2 aliphatic heterocycles. The third-order valence-corrected chi connectivity index (χ3v) is 5.76. The molecule has 0 saturated carbocycles. The fourth-order valence-corrected chi connectivity index (χ4v) is 4.35. The molecular formula is C19H23N3O2. The second kappa shape index (κ2) is 5.74. The number of likely N-dealkylation sites (tertiary alicyclic amines) is 1. The summed E-state index contributed by atoms with van der Waals surface area (Å²) in [6.07, 6.45) is 2.85. The van der Waals surface area contributed by atoms with E-state index in [1.165, 1.54) is 0 Å². The number of hydrogen-bond acceptors (Lipinski definition) is 4. The van der Waals surface area contributed by atoms with Crippen LogP contribution in [0.1, 0.15) is 19.3 Å². The van der Waals surface area contributed by atoms with Crippen molar-refractivity contribution in [1.29, 1.82) is 0 Å². The molecule has 0 aliphatic carbocycles. The highest BCUT2D eigenvalue weighted by Crippen LogP contribution is 2.43. The lowest BCUT2D eigenvalue weighted by Gasteiger charge is -2.39. The Morgan fingerprint density at radius 3 is 2.67 bits per heavy atom. The van der Waals surface area contributed by atoms with Crippen LogP contribution in [0.4, 0.5) is 5.82 Å². The van der Waals surface area contributed by atoms with Crippen molar-refractivity contribution in [2.45, 2.75) is 25.3 Å². The van der Waals surface area contributed by atoms with E-state index in [1.54, 1.807) is 0 Å². The van der Waals surface area contributed by atoms with Crippen LogP contribution in [0.15, 0.2) is 36.4 Å². The van der Waals surface area contributed by atoms with E-state index in [9.17, 15) is 9.90 Å². The second-order valence-electron chi connectivity index (χ2n) is 7.32. The predicted molar refractivity (Wildman–Crippen MR) is 94.3 cm³/mol. The van der Waals surface area contributed by atoms with Crippen LogP contribution in [0.2, 0.25) is 0 Å². The molecule has 0 amide bonds. The number of fused-ring (bicyclic) bond motifs is 1. The van der Waals surface area contributed by atoms with Crippen molar-refractivity contribution in [1.82, 2.24) is 9.88 Å². The fourth-order valence-electron chi connectivity index (χ4n) is 4.35. The van der Waals surface area contributed by atoms with Gasteiger partial charge in [-0.05, 0) is 49.9 Å². The summed E-state index contributed by atoms with van der Waals surface area (Å²) < 4.78 is 0. The summed E-state index contributed by atoms with van der Waals surface area (Å²) in [4.78, 5) is 20.5. The number of carbonyl (C=O) groups is 1. The van der Waals surface area contributed by atoms with Crippen LogP contribution >= 0.6 is 0 Å². The first kappa shape index (κ1) is 15.4. The average Bonchev–Trinajstić information content (AvgIpc) is 2.91. The third-order valence-electron chi connectivity index (χ3n) is 5.76. The van der Waals surface area contributed by atoms with Crippen LogP contribution in [0, 0.1) is 5.41 Å². The molecule has 0 radical (unpaired) electrons. The molecule has 24 heavy (non-hydrogen) atoms. The highest BCUT2D eigenvalue weighted by atomic mass is 16.4. The van der Waals surface area contributed by atoms with Crippen LogP contribution in [-0.2, 0) is 4.79 Å². The minimum atomic E-state index is -0.687. The summed E-state index contributed by atoms with van der Waals surface area (Å²) in [5.74, 6) is 0.345. The number of likely N-dealkylation sites (N-methyl/N-ethyl adjacent to an activating group) is 1. The van der Waals surface area contributed by atoms with Gasteiger partial charge < -0.3 is 10.0 Å². The summed E-state index contributed by atoms with van der Waals surface area (Å²) in [6, 6.07) is 12.1. The lowest BCUT2D eigenvalue weighted by atomic mass is 9.76. The van der Waals surface area contributed by atoms with Crippen LogP contribution in [-0.4, -0.2) is 53.7 Å². The van der Waals surface area contributed by atoms with Gasteiger partial charge in [0, 0.05) is 25.0 Å². The number of pyridine rings is 1. The molecule has 2 saturated heterocycles. The normalized spacial score (nSPS) is 23.9. The van der Waals surface area contributed by atoms with Crippen LogP contribution in [0.5, 0.6) is 0 Å². The van der Waals surface area contributed by atoms with E-state index in [1.807, 2.05) is 30.1 Å². The molecule has 2 aliphatic rings. The average molecular weight is 325 g/mol. The van der Waals surface area contributed by atoms with E-state index in [0.29, 0.717) is 0 Å². The van der Waals surface area contributed by atoms with Gasteiger partial charge in [-0.25, -0.2) is 4.98 Å².